The minimum absolute atomic E-state index is 0.0114. The van der Waals surface area contributed by atoms with Gasteiger partial charge in [-0.15, -0.1) is 0 Å². The van der Waals surface area contributed by atoms with Gasteiger partial charge in [-0.1, -0.05) is 17.7 Å². The van der Waals surface area contributed by atoms with Gasteiger partial charge < -0.3 is 9.64 Å². The van der Waals surface area contributed by atoms with E-state index in [2.05, 4.69) is 15.9 Å². The van der Waals surface area contributed by atoms with E-state index < -0.39 is 0 Å². The Hall–Kier alpha value is -0.840. The molecule has 0 aliphatic carbocycles. The van der Waals surface area contributed by atoms with Crippen LogP contribution in [-0.2, 0) is 9.53 Å². The molecule has 0 radical (unpaired) electrons. The molecule has 0 saturated carbocycles. The molecule has 1 aliphatic rings. The van der Waals surface area contributed by atoms with E-state index >= 15 is 0 Å². The molecule has 0 atom stereocenters. The fraction of sp³-hybridized carbons (Fsp3) is 0.308. The summed E-state index contributed by atoms with van der Waals surface area (Å²) in [6.07, 6.45) is 3.35. The summed E-state index contributed by atoms with van der Waals surface area (Å²) in [6, 6.07) is 5.58. The lowest BCUT2D eigenvalue weighted by Crippen LogP contribution is -2.39. The Bertz CT molecular complexity index is 470. The molecule has 1 aromatic rings. The third kappa shape index (κ3) is 3.57. The van der Waals surface area contributed by atoms with Gasteiger partial charge in [-0.05, 0) is 39.7 Å². The number of nitrogens with zero attached hydrogens (tertiary/aromatic N) is 1. The minimum Gasteiger partial charge on any atom is -0.378 e. The van der Waals surface area contributed by atoms with Gasteiger partial charge in [0, 0.05) is 23.6 Å². The van der Waals surface area contributed by atoms with Gasteiger partial charge in [0.2, 0.25) is 5.91 Å². The first-order valence-electron chi connectivity index (χ1n) is 5.66. The van der Waals surface area contributed by atoms with Gasteiger partial charge in [-0.25, -0.2) is 0 Å². The van der Waals surface area contributed by atoms with Gasteiger partial charge in [0.15, 0.2) is 0 Å². The van der Waals surface area contributed by atoms with E-state index in [1.54, 1.807) is 17.1 Å². The van der Waals surface area contributed by atoms with Crippen molar-refractivity contribution in [3.63, 3.8) is 0 Å². The molecule has 0 aromatic heterocycles. The number of hydrogen-bond acceptors (Lipinski definition) is 2. The van der Waals surface area contributed by atoms with Gasteiger partial charge in [-0.3, -0.25) is 4.79 Å². The van der Waals surface area contributed by atoms with Crippen LogP contribution in [0.4, 0.5) is 0 Å². The summed E-state index contributed by atoms with van der Waals surface area (Å²) in [5.41, 5.74) is 0.907. The molecule has 2 rings (SSSR count). The number of amides is 1. The second-order valence-electron chi connectivity index (χ2n) is 3.94. The van der Waals surface area contributed by atoms with Crippen LogP contribution in [-0.4, -0.2) is 37.1 Å². The Morgan fingerprint density at radius 2 is 2.11 bits per heavy atom. The molecule has 1 saturated heterocycles. The maximum absolute atomic E-state index is 11.9. The Kier molecular flexibility index (Phi) is 4.80. The summed E-state index contributed by atoms with van der Waals surface area (Å²) < 4.78 is 6.05. The van der Waals surface area contributed by atoms with E-state index in [9.17, 15) is 4.79 Å². The minimum atomic E-state index is 0.0114. The van der Waals surface area contributed by atoms with E-state index in [4.69, 9.17) is 16.3 Å². The monoisotopic (exact) mass is 329 g/mol. The first kappa shape index (κ1) is 13.6. The normalized spacial score (nSPS) is 16.2. The maximum Gasteiger partial charge on any atom is 0.246 e. The SMILES string of the molecule is O=C(C=Cc1ccc(Br)c(Cl)c1)N1CCOCC1. The van der Waals surface area contributed by atoms with Crippen molar-refractivity contribution in [2.24, 2.45) is 0 Å². The average Bonchev–Trinajstić information content (AvgIpc) is 2.41. The Morgan fingerprint density at radius 1 is 1.39 bits per heavy atom. The Labute approximate surface area is 119 Å². The molecule has 3 nitrogen and oxygen atoms in total. The number of morpholine rings is 1. The molecule has 0 unspecified atom stereocenters. The fourth-order valence-corrected chi connectivity index (χ4v) is 2.11. The molecule has 0 N–H and O–H groups in total. The molecule has 0 spiro atoms. The predicted octanol–water partition coefficient (Wildman–Crippen LogP) is 2.97. The van der Waals surface area contributed by atoms with E-state index in [0.29, 0.717) is 31.3 Å². The van der Waals surface area contributed by atoms with Gasteiger partial charge in [0.05, 0.1) is 18.2 Å². The third-order valence-electron chi connectivity index (χ3n) is 2.68. The molecule has 0 bridgehead atoms. The predicted molar refractivity (Wildman–Crippen MR) is 75.6 cm³/mol. The second kappa shape index (κ2) is 6.36. The van der Waals surface area contributed by atoms with Gasteiger partial charge in [0.1, 0.15) is 0 Å². The van der Waals surface area contributed by atoms with Crippen LogP contribution in [0.15, 0.2) is 28.7 Å². The number of hydrogen-bond donors (Lipinski definition) is 0. The zero-order valence-corrected chi connectivity index (χ0v) is 12.1. The van der Waals surface area contributed by atoms with Crippen molar-refractivity contribution >= 4 is 39.5 Å². The summed E-state index contributed by atoms with van der Waals surface area (Å²) in [4.78, 5) is 13.6. The molecule has 1 fully saturated rings. The fourth-order valence-electron chi connectivity index (χ4n) is 1.67. The summed E-state index contributed by atoms with van der Waals surface area (Å²) in [6.45, 7) is 2.54. The van der Waals surface area contributed by atoms with Crippen molar-refractivity contribution in [3.05, 3.63) is 39.3 Å². The highest BCUT2D eigenvalue weighted by atomic mass is 79.9. The lowest BCUT2D eigenvalue weighted by atomic mass is 10.2. The molecule has 96 valence electrons. The van der Waals surface area contributed by atoms with Crippen LogP contribution >= 0.6 is 27.5 Å². The molecule has 1 heterocycles. The van der Waals surface area contributed by atoms with Crippen molar-refractivity contribution in [3.8, 4) is 0 Å². The number of benzene rings is 1. The van der Waals surface area contributed by atoms with Crippen LogP contribution in [0.3, 0.4) is 0 Å². The number of rotatable bonds is 2. The zero-order valence-electron chi connectivity index (χ0n) is 9.73. The lowest BCUT2D eigenvalue weighted by molar-refractivity contribution is -0.129. The van der Waals surface area contributed by atoms with E-state index in [0.717, 1.165) is 10.0 Å². The summed E-state index contributed by atoms with van der Waals surface area (Å²) in [5, 5.41) is 0.635. The number of halogens is 2. The van der Waals surface area contributed by atoms with Gasteiger partial charge in [-0.2, -0.15) is 0 Å². The molecule has 1 amide bonds. The Morgan fingerprint density at radius 3 is 2.78 bits per heavy atom. The smallest absolute Gasteiger partial charge is 0.246 e. The van der Waals surface area contributed by atoms with Crippen molar-refractivity contribution in [2.45, 2.75) is 0 Å². The summed E-state index contributed by atoms with van der Waals surface area (Å²) in [5.74, 6) is 0.0114. The molecule has 5 heteroatoms. The van der Waals surface area contributed by atoms with E-state index in [1.165, 1.54) is 0 Å². The Balaban J connectivity index is 2.01. The van der Waals surface area contributed by atoms with E-state index in [-0.39, 0.29) is 5.91 Å². The van der Waals surface area contributed by atoms with Crippen LogP contribution in [0.25, 0.3) is 6.08 Å². The van der Waals surface area contributed by atoms with Crippen LogP contribution in [0.2, 0.25) is 5.02 Å². The van der Waals surface area contributed by atoms with Crippen molar-refractivity contribution in [1.82, 2.24) is 4.90 Å². The van der Waals surface area contributed by atoms with E-state index in [1.807, 2.05) is 18.2 Å². The first-order valence-corrected chi connectivity index (χ1v) is 6.84. The highest BCUT2D eigenvalue weighted by Gasteiger charge is 2.13. The van der Waals surface area contributed by atoms with Gasteiger partial charge in [0.25, 0.3) is 0 Å². The maximum atomic E-state index is 11.9. The number of carbonyl (C=O) groups is 1. The molecule has 18 heavy (non-hydrogen) atoms. The highest BCUT2D eigenvalue weighted by molar-refractivity contribution is 9.10. The topological polar surface area (TPSA) is 29.5 Å². The molecular weight excluding hydrogens is 318 g/mol. The largest absolute Gasteiger partial charge is 0.378 e. The number of ether oxygens (including phenoxy) is 1. The molecule has 1 aliphatic heterocycles. The van der Waals surface area contributed by atoms with Crippen molar-refractivity contribution in [1.29, 1.82) is 0 Å². The average molecular weight is 331 g/mol. The van der Waals surface area contributed by atoms with Crippen molar-refractivity contribution in [2.75, 3.05) is 26.3 Å². The first-order chi connectivity index (χ1) is 8.66. The van der Waals surface area contributed by atoms with Crippen molar-refractivity contribution < 1.29 is 9.53 Å². The summed E-state index contributed by atoms with van der Waals surface area (Å²) in [7, 11) is 0. The van der Waals surface area contributed by atoms with Crippen LogP contribution in [0.1, 0.15) is 5.56 Å². The quantitative estimate of drug-likeness (QED) is 0.780. The number of carbonyl (C=O) groups excluding carboxylic acids is 1. The lowest BCUT2D eigenvalue weighted by Gasteiger charge is -2.25. The second-order valence-corrected chi connectivity index (χ2v) is 5.21. The van der Waals surface area contributed by atoms with Gasteiger partial charge >= 0.3 is 0 Å². The zero-order chi connectivity index (χ0) is 13.0. The highest BCUT2D eigenvalue weighted by Crippen LogP contribution is 2.23. The molecular formula is C13H13BrClNO2. The molecule has 1 aromatic carbocycles. The van der Waals surface area contributed by atoms with Crippen LogP contribution < -0.4 is 0 Å². The summed E-state index contributed by atoms with van der Waals surface area (Å²) >= 11 is 9.31. The third-order valence-corrected chi connectivity index (χ3v) is 3.92. The standard InChI is InChI=1S/C13H13BrClNO2/c14-11-3-1-10(9-12(11)15)2-4-13(17)16-5-7-18-8-6-16/h1-4,9H,5-8H2. The van der Waals surface area contributed by atoms with Crippen LogP contribution in [0, 0.1) is 0 Å². The van der Waals surface area contributed by atoms with Crippen LogP contribution in [0.5, 0.6) is 0 Å².